The first-order valence-electron chi connectivity index (χ1n) is 5.07. The van der Waals surface area contributed by atoms with Crippen LogP contribution in [0.2, 0.25) is 0 Å². The van der Waals surface area contributed by atoms with Crippen molar-refractivity contribution < 1.29 is 9.90 Å². The fraction of sp³-hybridized carbons (Fsp3) is 0.154. The third kappa shape index (κ3) is 2.49. The Bertz CT molecular complexity index is 448. The summed E-state index contributed by atoms with van der Waals surface area (Å²) in [5, 5.41) is 11.1. The number of rotatable bonds is 4. The number of thiophene rings is 1. The van der Waals surface area contributed by atoms with Gasteiger partial charge in [0, 0.05) is 4.88 Å². The molecule has 0 saturated carbocycles. The molecule has 1 aromatic carbocycles. The van der Waals surface area contributed by atoms with E-state index in [9.17, 15) is 9.90 Å². The number of aliphatic carboxylic acids is 1. The molecule has 1 atom stereocenters. The van der Waals surface area contributed by atoms with Crippen molar-refractivity contribution in [3.63, 3.8) is 0 Å². The lowest BCUT2D eigenvalue weighted by Crippen LogP contribution is -2.13. The Morgan fingerprint density at radius 2 is 1.94 bits per heavy atom. The largest absolute Gasteiger partial charge is 0.481 e. The average Bonchev–Trinajstić information content (AvgIpc) is 2.80. The van der Waals surface area contributed by atoms with Gasteiger partial charge in [-0.25, -0.2) is 0 Å². The van der Waals surface area contributed by atoms with Crippen LogP contribution in [0.15, 0.2) is 47.8 Å². The SMILES string of the molecule is O=C(O)[C@H](Cc1ccccc1)c1cccs1. The molecule has 0 aliphatic carbocycles. The standard InChI is InChI=1S/C13H12O2S/c14-13(15)11(12-7-4-8-16-12)9-10-5-2-1-3-6-10/h1-8,11H,9H2,(H,14,15)/t11-/m1/s1. The first kappa shape index (κ1) is 10.9. The Hall–Kier alpha value is -1.61. The van der Waals surface area contributed by atoms with Gasteiger partial charge in [0.25, 0.3) is 0 Å². The van der Waals surface area contributed by atoms with Crippen LogP contribution in [0, 0.1) is 0 Å². The van der Waals surface area contributed by atoms with E-state index in [1.165, 1.54) is 11.3 Å². The van der Waals surface area contributed by atoms with Crippen LogP contribution in [0.1, 0.15) is 16.4 Å². The van der Waals surface area contributed by atoms with Crippen LogP contribution in [0.5, 0.6) is 0 Å². The van der Waals surface area contributed by atoms with E-state index in [0.29, 0.717) is 6.42 Å². The first-order chi connectivity index (χ1) is 7.77. The van der Waals surface area contributed by atoms with Gasteiger partial charge in [0.1, 0.15) is 0 Å². The molecule has 0 amide bonds. The molecule has 2 rings (SSSR count). The van der Waals surface area contributed by atoms with Gasteiger partial charge in [0.2, 0.25) is 0 Å². The fourth-order valence-electron chi connectivity index (χ4n) is 1.65. The third-order valence-corrected chi connectivity index (χ3v) is 3.45. The minimum atomic E-state index is -0.758. The number of hydrogen-bond acceptors (Lipinski definition) is 2. The van der Waals surface area contributed by atoms with E-state index < -0.39 is 11.9 Å². The predicted octanol–water partition coefficient (Wildman–Crippen LogP) is 3.16. The van der Waals surface area contributed by atoms with Crippen molar-refractivity contribution >= 4 is 17.3 Å². The van der Waals surface area contributed by atoms with Crippen LogP contribution in [-0.4, -0.2) is 11.1 Å². The maximum atomic E-state index is 11.2. The topological polar surface area (TPSA) is 37.3 Å². The molecule has 2 aromatic rings. The molecule has 1 aromatic heterocycles. The van der Waals surface area contributed by atoms with Crippen molar-refractivity contribution in [3.05, 3.63) is 58.3 Å². The Morgan fingerprint density at radius 3 is 2.50 bits per heavy atom. The van der Waals surface area contributed by atoms with Crippen LogP contribution >= 0.6 is 11.3 Å². The lowest BCUT2D eigenvalue weighted by atomic mass is 9.98. The summed E-state index contributed by atoms with van der Waals surface area (Å²) in [5.74, 6) is -1.19. The van der Waals surface area contributed by atoms with Crippen molar-refractivity contribution in [2.24, 2.45) is 0 Å². The lowest BCUT2D eigenvalue weighted by molar-refractivity contribution is -0.138. The second kappa shape index (κ2) is 4.94. The Morgan fingerprint density at radius 1 is 1.19 bits per heavy atom. The van der Waals surface area contributed by atoms with Gasteiger partial charge in [-0.05, 0) is 23.4 Å². The highest BCUT2D eigenvalue weighted by molar-refractivity contribution is 7.10. The van der Waals surface area contributed by atoms with Crippen molar-refractivity contribution in [1.82, 2.24) is 0 Å². The van der Waals surface area contributed by atoms with Gasteiger partial charge in [0.05, 0.1) is 5.92 Å². The maximum absolute atomic E-state index is 11.2. The summed E-state index contributed by atoms with van der Waals surface area (Å²) in [5.41, 5.74) is 1.06. The van der Waals surface area contributed by atoms with Crippen molar-refractivity contribution in [3.8, 4) is 0 Å². The molecule has 0 saturated heterocycles. The number of carboxylic acids is 1. The van der Waals surface area contributed by atoms with Crippen molar-refractivity contribution in [2.75, 3.05) is 0 Å². The summed E-state index contributed by atoms with van der Waals surface area (Å²) in [6.45, 7) is 0. The molecule has 0 fully saturated rings. The minimum absolute atomic E-state index is 0.428. The van der Waals surface area contributed by atoms with Gasteiger partial charge in [0.15, 0.2) is 0 Å². The minimum Gasteiger partial charge on any atom is -0.481 e. The summed E-state index contributed by atoms with van der Waals surface area (Å²) in [6, 6.07) is 13.5. The molecular weight excluding hydrogens is 220 g/mol. The van der Waals surface area contributed by atoms with Crippen LogP contribution in [0.25, 0.3) is 0 Å². The highest BCUT2D eigenvalue weighted by Gasteiger charge is 2.20. The second-order valence-corrected chi connectivity index (χ2v) is 4.58. The van der Waals surface area contributed by atoms with Gasteiger partial charge in [-0.1, -0.05) is 36.4 Å². The van der Waals surface area contributed by atoms with E-state index in [0.717, 1.165) is 10.4 Å². The van der Waals surface area contributed by atoms with Gasteiger partial charge in [-0.15, -0.1) is 11.3 Å². The van der Waals surface area contributed by atoms with Gasteiger partial charge >= 0.3 is 5.97 Å². The van der Waals surface area contributed by atoms with Crippen LogP contribution in [0.4, 0.5) is 0 Å². The van der Waals surface area contributed by atoms with Gasteiger partial charge < -0.3 is 5.11 Å². The Kier molecular flexibility index (Phi) is 3.37. The molecular formula is C13H12O2S. The zero-order chi connectivity index (χ0) is 11.4. The molecule has 0 bridgehead atoms. The zero-order valence-corrected chi connectivity index (χ0v) is 9.48. The molecule has 3 heteroatoms. The van der Waals surface area contributed by atoms with Crippen molar-refractivity contribution in [1.29, 1.82) is 0 Å². The van der Waals surface area contributed by atoms with Crippen LogP contribution in [-0.2, 0) is 11.2 Å². The van der Waals surface area contributed by atoms with E-state index in [4.69, 9.17) is 0 Å². The molecule has 16 heavy (non-hydrogen) atoms. The van der Waals surface area contributed by atoms with E-state index >= 15 is 0 Å². The smallest absolute Gasteiger partial charge is 0.312 e. The summed E-state index contributed by atoms with van der Waals surface area (Å²) in [7, 11) is 0. The molecule has 0 spiro atoms. The van der Waals surface area contributed by atoms with E-state index in [-0.39, 0.29) is 0 Å². The predicted molar refractivity (Wildman–Crippen MR) is 64.8 cm³/mol. The average molecular weight is 232 g/mol. The monoisotopic (exact) mass is 232 g/mol. The fourth-order valence-corrected chi connectivity index (χ4v) is 2.47. The molecule has 1 N–H and O–H groups in total. The van der Waals surface area contributed by atoms with Crippen LogP contribution < -0.4 is 0 Å². The van der Waals surface area contributed by atoms with Crippen molar-refractivity contribution in [2.45, 2.75) is 12.3 Å². The highest BCUT2D eigenvalue weighted by atomic mass is 32.1. The maximum Gasteiger partial charge on any atom is 0.312 e. The number of carboxylic acid groups (broad SMARTS) is 1. The molecule has 0 aliphatic rings. The van der Waals surface area contributed by atoms with E-state index in [2.05, 4.69) is 0 Å². The summed E-state index contributed by atoms with van der Waals surface area (Å²) < 4.78 is 0. The Labute approximate surface area is 98.2 Å². The number of benzene rings is 1. The summed E-state index contributed by atoms with van der Waals surface area (Å²) in [4.78, 5) is 12.1. The quantitative estimate of drug-likeness (QED) is 0.879. The summed E-state index contributed by atoms with van der Waals surface area (Å²) >= 11 is 1.50. The molecule has 2 nitrogen and oxygen atoms in total. The lowest BCUT2D eigenvalue weighted by Gasteiger charge is -2.10. The highest BCUT2D eigenvalue weighted by Crippen LogP contribution is 2.25. The number of carbonyl (C=O) groups is 1. The molecule has 0 radical (unpaired) electrons. The molecule has 0 unspecified atom stereocenters. The second-order valence-electron chi connectivity index (χ2n) is 3.60. The first-order valence-corrected chi connectivity index (χ1v) is 5.95. The molecule has 1 heterocycles. The van der Waals surface area contributed by atoms with E-state index in [1.54, 1.807) is 0 Å². The normalized spacial score (nSPS) is 12.2. The van der Waals surface area contributed by atoms with Gasteiger partial charge in [-0.2, -0.15) is 0 Å². The number of hydrogen-bond donors (Lipinski definition) is 1. The van der Waals surface area contributed by atoms with Crippen LogP contribution in [0.3, 0.4) is 0 Å². The molecule has 82 valence electrons. The molecule has 0 aliphatic heterocycles. The zero-order valence-electron chi connectivity index (χ0n) is 8.67. The third-order valence-electron chi connectivity index (χ3n) is 2.47. The summed E-state index contributed by atoms with van der Waals surface area (Å²) in [6.07, 6.45) is 0.552. The van der Waals surface area contributed by atoms with E-state index in [1.807, 2.05) is 47.8 Å². The van der Waals surface area contributed by atoms with Gasteiger partial charge in [-0.3, -0.25) is 4.79 Å². The Balaban J connectivity index is 2.19.